The monoisotopic (exact) mass is 374 g/mol. The van der Waals surface area contributed by atoms with Gasteiger partial charge in [0.25, 0.3) is 5.56 Å². The fourth-order valence-corrected chi connectivity index (χ4v) is 3.30. The Kier molecular flexibility index (Phi) is 5.61. The zero-order valence-electron chi connectivity index (χ0n) is 15.1. The van der Waals surface area contributed by atoms with Crippen LogP contribution in [0.2, 0.25) is 5.02 Å². The summed E-state index contributed by atoms with van der Waals surface area (Å²) in [6, 6.07) is 9.19. The maximum atomic E-state index is 12.6. The van der Waals surface area contributed by atoms with Crippen LogP contribution >= 0.6 is 11.6 Å². The molecular weight excluding hydrogens is 352 g/mol. The van der Waals surface area contributed by atoms with Crippen molar-refractivity contribution in [2.24, 2.45) is 5.92 Å². The van der Waals surface area contributed by atoms with E-state index in [1.807, 2.05) is 54.0 Å². The summed E-state index contributed by atoms with van der Waals surface area (Å²) in [5, 5.41) is 4.44. The van der Waals surface area contributed by atoms with Crippen LogP contribution in [0.3, 0.4) is 0 Å². The first-order valence-corrected chi connectivity index (χ1v) is 9.27. The predicted octanol–water partition coefficient (Wildman–Crippen LogP) is 2.58. The van der Waals surface area contributed by atoms with E-state index in [1.165, 1.54) is 4.68 Å². The van der Waals surface area contributed by atoms with Crippen LogP contribution in [0.1, 0.15) is 20.3 Å². The number of carbonyl (C=O) groups is 1. The minimum Gasteiger partial charge on any atom is -0.365 e. The molecule has 1 amide bonds. The van der Waals surface area contributed by atoms with Crippen molar-refractivity contribution in [3.05, 3.63) is 51.9 Å². The number of para-hydroxylation sites is 1. The van der Waals surface area contributed by atoms with Gasteiger partial charge in [0.1, 0.15) is 5.02 Å². The SMILES string of the molecule is CCC(C)C(=O)N1CCN(c2cnn(-c3ccccc3)c(=O)c2Cl)CC1. The van der Waals surface area contributed by atoms with E-state index in [9.17, 15) is 9.59 Å². The molecule has 1 unspecified atom stereocenters. The van der Waals surface area contributed by atoms with Gasteiger partial charge in [-0.1, -0.05) is 43.6 Å². The van der Waals surface area contributed by atoms with E-state index in [0.717, 1.165) is 6.42 Å². The van der Waals surface area contributed by atoms with E-state index in [2.05, 4.69) is 5.10 Å². The number of amides is 1. The first-order chi connectivity index (χ1) is 12.5. The van der Waals surface area contributed by atoms with Crippen molar-refractivity contribution in [1.82, 2.24) is 14.7 Å². The van der Waals surface area contributed by atoms with Crippen LogP contribution in [0.15, 0.2) is 41.3 Å². The van der Waals surface area contributed by atoms with Crippen molar-refractivity contribution in [3.8, 4) is 5.69 Å². The smallest absolute Gasteiger partial charge is 0.292 e. The molecule has 0 saturated carbocycles. The van der Waals surface area contributed by atoms with Gasteiger partial charge in [-0.2, -0.15) is 9.78 Å². The van der Waals surface area contributed by atoms with Gasteiger partial charge in [0.2, 0.25) is 5.91 Å². The summed E-state index contributed by atoms with van der Waals surface area (Å²) >= 11 is 6.36. The highest BCUT2D eigenvalue weighted by molar-refractivity contribution is 6.33. The fraction of sp³-hybridized carbons (Fsp3) is 0.421. The highest BCUT2D eigenvalue weighted by atomic mass is 35.5. The Labute approximate surface area is 158 Å². The zero-order valence-corrected chi connectivity index (χ0v) is 15.8. The van der Waals surface area contributed by atoms with Gasteiger partial charge in [-0.15, -0.1) is 0 Å². The number of hydrogen-bond donors (Lipinski definition) is 0. The highest BCUT2D eigenvalue weighted by Gasteiger charge is 2.26. The molecule has 0 aliphatic carbocycles. The van der Waals surface area contributed by atoms with E-state index in [4.69, 9.17) is 11.6 Å². The molecule has 7 heteroatoms. The summed E-state index contributed by atoms with van der Waals surface area (Å²) in [5.74, 6) is 0.234. The minimum atomic E-state index is -0.339. The van der Waals surface area contributed by atoms with Crippen molar-refractivity contribution in [1.29, 1.82) is 0 Å². The van der Waals surface area contributed by atoms with Crippen LogP contribution in [0, 0.1) is 5.92 Å². The lowest BCUT2D eigenvalue weighted by Gasteiger charge is -2.37. The molecule has 2 heterocycles. The van der Waals surface area contributed by atoms with E-state index >= 15 is 0 Å². The molecule has 1 aliphatic heterocycles. The van der Waals surface area contributed by atoms with Crippen LogP contribution in [0.5, 0.6) is 0 Å². The third kappa shape index (κ3) is 3.60. The predicted molar refractivity (Wildman–Crippen MR) is 103 cm³/mol. The quantitative estimate of drug-likeness (QED) is 0.825. The van der Waals surface area contributed by atoms with E-state index in [0.29, 0.717) is 37.6 Å². The van der Waals surface area contributed by atoms with Gasteiger partial charge in [-0.3, -0.25) is 9.59 Å². The molecule has 1 aliphatic rings. The van der Waals surface area contributed by atoms with Gasteiger partial charge < -0.3 is 9.80 Å². The number of aromatic nitrogens is 2. The minimum absolute atomic E-state index is 0.0432. The maximum Gasteiger partial charge on any atom is 0.292 e. The van der Waals surface area contributed by atoms with Crippen LogP contribution < -0.4 is 10.5 Å². The van der Waals surface area contributed by atoms with Crippen LogP contribution in [-0.4, -0.2) is 46.8 Å². The lowest BCUT2D eigenvalue weighted by molar-refractivity contribution is -0.135. The number of carbonyl (C=O) groups excluding carboxylic acids is 1. The topological polar surface area (TPSA) is 58.4 Å². The Hall–Kier alpha value is -2.34. The second-order valence-electron chi connectivity index (χ2n) is 6.52. The van der Waals surface area contributed by atoms with Crippen molar-refractivity contribution in [3.63, 3.8) is 0 Å². The molecule has 2 aromatic rings. The van der Waals surface area contributed by atoms with Gasteiger partial charge in [0.05, 0.1) is 17.6 Å². The van der Waals surface area contributed by atoms with Gasteiger partial charge in [0.15, 0.2) is 0 Å². The molecule has 138 valence electrons. The maximum absolute atomic E-state index is 12.6. The van der Waals surface area contributed by atoms with Crippen molar-refractivity contribution in [2.45, 2.75) is 20.3 Å². The Morgan fingerprint density at radius 2 is 1.85 bits per heavy atom. The Morgan fingerprint density at radius 1 is 1.19 bits per heavy atom. The van der Waals surface area contributed by atoms with Gasteiger partial charge in [-0.05, 0) is 18.6 Å². The summed E-state index contributed by atoms with van der Waals surface area (Å²) in [6.45, 7) is 6.50. The normalized spacial score (nSPS) is 15.8. The molecule has 1 fully saturated rings. The second kappa shape index (κ2) is 7.91. The summed E-state index contributed by atoms with van der Waals surface area (Å²) in [6.07, 6.45) is 2.47. The second-order valence-corrected chi connectivity index (χ2v) is 6.90. The average Bonchev–Trinajstić information content (AvgIpc) is 2.69. The van der Waals surface area contributed by atoms with Gasteiger partial charge >= 0.3 is 0 Å². The van der Waals surface area contributed by atoms with E-state index < -0.39 is 0 Å². The largest absolute Gasteiger partial charge is 0.365 e. The molecule has 0 radical (unpaired) electrons. The molecule has 0 bridgehead atoms. The Balaban J connectivity index is 1.77. The summed E-state index contributed by atoms with van der Waals surface area (Å²) in [4.78, 5) is 28.8. The number of halogens is 1. The fourth-order valence-electron chi connectivity index (χ4n) is 3.05. The summed E-state index contributed by atoms with van der Waals surface area (Å²) in [5.41, 5.74) is 0.961. The molecule has 1 atom stereocenters. The molecule has 0 N–H and O–H groups in total. The molecule has 3 rings (SSSR count). The number of nitrogens with zero attached hydrogens (tertiary/aromatic N) is 4. The molecule has 0 spiro atoms. The number of benzene rings is 1. The first-order valence-electron chi connectivity index (χ1n) is 8.90. The highest BCUT2D eigenvalue weighted by Crippen LogP contribution is 2.23. The van der Waals surface area contributed by atoms with Crippen LogP contribution in [-0.2, 0) is 4.79 Å². The number of hydrogen-bond acceptors (Lipinski definition) is 4. The molecule has 26 heavy (non-hydrogen) atoms. The van der Waals surface area contributed by atoms with Crippen LogP contribution in [0.25, 0.3) is 5.69 Å². The molecule has 6 nitrogen and oxygen atoms in total. The molecule has 1 saturated heterocycles. The molecular formula is C19H23ClN4O2. The summed E-state index contributed by atoms with van der Waals surface area (Å²) in [7, 11) is 0. The van der Waals surface area contributed by atoms with Crippen molar-refractivity contribution in [2.75, 3.05) is 31.1 Å². The average molecular weight is 375 g/mol. The first kappa shape index (κ1) is 18.5. The third-order valence-corrected chi connectivity index (χ3v) is 5.22. The Morgan fingerprint density at radius 3 is 2.46 bits per heavy atom. The van der Waals surface area contributed by atoms with Gasteiger partial charge in [-0.25, -0.2) is 0 Å². The van der Waals surface area contributed by atoms with Crippen molar-refractivity contribution < 1.29 is 4.79 Å². The van der Waals surface area contributed by atoms with Crippen LogP contribution in [0.4, 0.5) is 5.69 Å². The van der Waals surface area contributed by atoms with E-state index in [-0.39, 0.29) is 22.4 Å². The Bertz CT molecular complexity index is 829. The van der Waals surface area contributed by atoms with E-state index in [1.54, 1.807) is 6.20 Å². The standard InChI is InChI=1S/C19H23ClN4O2/c1-3-14(2)18(25)23-11-9-22(10-12-23)16-13-21-24(19(26)17(16)20)15-7-5-4-6-8-15/h4-8,13-14H,3,9-12H2,1-2H3. The molecule has 1 aromatic carbocycles. The lowest BCUT2D eigenvalue weighted by Crippen LogP contribution is -2.50. The number of piperazine rings is 1. The number of rotatable bonds is 4. The number of anilines is 1. The zero-order chi connectivity index (χ0) is 18.7. The summed E-state index contributed by atoms with van der Waals surface area (Å²) < 4.78 is 1.30. The lowest BCUT2D eigenvalue weighted by atomic mass is 10.1. The third-order valence-electron chi connectivity index (χ3n) is 4.87. The molecule has 1 aromatic heterocycles. The van der Waals surface area contributed by atoms with Gasteiger partial charge in [0, 0.05) is 32.1 Å². The van der Waals surface area contributed by atoms with Crippen molar-refractivity contribution >= 4 is 23.2 Å².